The quantitative estimate of drug-likeness (QED) is 0.755. The van der Waals surface area contributed by atoms with E-state index in [-0.39, 0.29) is 18.1 Å². The Kier molecular flexibility index (Phi) is 6.36. The van der Waals surface area contributed by atoms with Crippen molar-refractivity contribution in [3.05, 3.63) is 30.1 Å². The molecule has 100 valence electrons. The molecule has 4 nitrogen and oxygen atoms in total. The minimum atomic E-state index is -0.257. The van der Waals surface area contributed by atoms with Gasteiger partial charge in [-0.25, -0.2) is 0 Å². The van der Waals surface area contributed by atoms with Gasteiger partial charge in [0.2, 0.25) is 0 Å². The molecule has 0 radical (unpaired) electrons. The molecule has 0 spiro atoms. The topological polar surface area (TPSA) is 51.2 Å². The van der Waals surface area contributed by atoms with Gasteiger partial charge in [0, 0.05) is 12.2 Å². The Balaban J connectivity index is 2.62. The molecule has 0 saturated carbocycles. The molecule has 0 bridgehead atoms. The molecular weight excluding hydrogens is 228 g/mol. The van der Waals surface area contributed by atoms with Crippen LogP contribution in [0.25, 0.3) is 0 Å². The van der Waals surface area contributed by atoms with Crippen LogP contribution >= 0.6 is 0 Å². The van der Waals surface area contributed by atoms with E-state index in [4.69, 9.17) is 4.74 Å². The molecule has 2 atom stereocenters. The van der Waals surface area contributed by atoms with Crippen LogP contribution in [0.1, 0.15) is 44.8 Å². The van der Waals surface area contributed by atoms with E-state index in [1.807, 2.05) is 25.1 Å². The lowest BCUT2D eigenvalue weighted by Gasteiger charge is -2.21. The number of hydrogen-bond acceptors (Lipinski definition) is 4. The van der Waals surface area contributed by atoms with Crippen LogP contribution < -0.4 is 5.32 Å². The van der Waals surface area contributed by atoms with Crippen molar-refractivity contribution < 1.29 is 9.53 Å². The third-order valence-electron chi connectivity index (χ3n) is 2.91. The minimum absolute atomic E-state index is 0.0344. The monoisotopic (exact) mass is 250 g/mol. The molecule has 1 unspecified atom stereocenters. The van der Waals surface area contributed by atoms with Gasteiger partial charge >= 0.3 is 5.97 Å². The molecule has 0 fully saturated rings. The van der Waals surface area contributed by atoms with Crippen LogP contribution in [0.5, 0.6) is 0 Å². The van der Waals surface area contributed by atoms with Crippen molar-refractivity contribution in [3.63, 3.8) is 0 Å². The van der Waals surface area contributed by atoms with Gasteiger partial charge < -0.3 is 4.74 Å². The van der Waals surface area contributed by atoms with E-state index in [0.717, 1.165) is 25.0 Å². The summed E-state index contributed by atoms with van der Waals surface area (Å²) in [4.78, 5) is 16.0. The molecule has 18 heavy (non-hydrogen) atoms. The average molecular weight is 250 g/mol. The fourth-order valence-electron chi connectivity index (χ4n) is 1.84. The minimum Gasteiger partial charge on any atom is -0.468 e. The van der Waals surface area contributed by atoms with Gasteiger partial charge in [-0.05, 0) is 25.5 Å². The van der Waals surface area contributed by atoms with Gasteiger partial charge in [-0.2, -0.15) is 0 Å². The second kappa shape index (κ2) is 7.82. The number of nitrogens with zero attached hydrogens (tertiary/aromatic N) is 1. The predicted octanol–water partition coefficient (Wildman–Crippen LogP) is 2.46. The van der Waals surface area contributed by atoms with Crippen molar-refractivity contribution in [3.8, 4) is 0 Å². The molecule has 1 aromatic heterocycles. The number of ether oxygens (including phenoxy) is 1. The summed E-state index contributed by atoms with van der Waals surface area (Å²) < 4.78 is 4.82. The molecule has 4 heteroatoms. The highest BCUT2D eigenvalue weighted by Crippen LogP contribution is 2.12. The summed E-state index contributed by atoms with van der Waals surface area (Å²) in [5.74, 6) is -0.203. The van der Waals surface area contributed by atoms with Crippen molar-refractivity contribution in [2.45, 2.75) is 45.2 Å². The van der Waals surface area contributed by atoms with Gasteiger partial charge in [0.15, 0.2) is 0 Å². The highest BCUT2D eigenvalue weighted by atomic mass is 16.5. The van der Waals surface area contributed by atoms with Crippen molar-refractivity contribution in [2.75, 3.05) is 7.11 Å². The summed E-state index contributed by atoms with van der Waals surface area (Å²) in [6.07, 6.45) is 4.61. The molecule has 0 amide bonds. The zero-order valence-electron chi connectivity index (χ0n) is 11.3. The Hall–Kier alpha value is -1.42. The molecular formula is C14H22N2O2. The number of esters is 1. The molecule has 0 saturated heterocycles. The van der Waals surface area contributed by atoms with E-state index in [9.17, 15) is 4.79 Å². The lowest BCUT2D eigenvalue weighted by Crippen LogP contribution is -2.39. The zero-order chi connectivity index (χ0) is 13.4. The Morgan fingerprint density at radius 3 is 2.83 bits per heavy atom. The number of methoxy groups -OCH3 is 1. The number of unbranched alkanes of at least 4 members (excludes halogenated alkanes) is 1. The molecule has 0 aliphatic carbocycles. The summed E-state index contributed by atoms with van der Waals surface area (Å²) in [7, 11) is 1.42. The normalized spacial score (nSPS) is 13.9. The first-order chi connectivity index (χ1) is 8.69. The molecule has 1 heterocycles. The molecule has 1 N–H and O–H groups in total. The van der Waals surface area contributed by atoms with Crippen LogP contribution in [0.3, 0.4) is 0 Å². The highest BCUT2D eigenvalue weighted by molar-refractivity contribution is 5.75. The third kappa shape index (κ3) is 4.45. The standard InChI is InChI=1S/C14H22N2O2/c1-4-5-8-13(14(17)18-3)16-11(2)12-9-6-7-10-15-12/h6-7,9-11,13,16H,4-5,8H2,1-3H3/t11-,13?/m1/s1. The first-order valence-corrected chi connectivity index (χ1v) is 6.43. The Morgan fingerprint density at radius 1 is 1.50 bits per heavy atom. The van der Waals surface area contributed by atoms with Gasteiger partial charge in [-0.15, -0.1) is 0 Å². The van der Waals surface area contributed by atoms with E-state index >= 15 is 0 Å². The van der Waals surface area contributed by atoms with Crippen LogP contribution in [0.4, 0.5) is 0 Å². The summed E-state index contributed by atoms with van der Waals surface area (Å²) in [5.41, 5.74) is 0.933. The maximum absolute atomic E-state index is 11.7. The van der Waals surface area contributed by atoms with E-state index < -0.39 is 0 Å². The Morgan fingerprint density at radius 2 is 2.28 bits per heavy atom. The predicted molar refractivity (Wildman–Crippen MR) is 71.1 cm³/mol. The zero-order valence-corrected chi connectivity index (χ0v) is 11.3. The number of pyridine rings is 1. The van der Waals surface area contributed by atoms with Crippen molar-refractivity contribution in [1.29, 1.82) is 0 Å². The SMILES string of the molecule is CCCCC(N[C@H](C)c1ccccn1)C(=O)OC. The van der Waals surface area contributed by atoms with Crippen molar-refractivity contribution in [2.24, 2.45) is 0 Å². The first kappa shape index (κ1) is 14.6. The average Bonchev–Trinajstić information content (AvgIpc) is 2.43. The van der Waals surface area contributed by atoms with Gasteiger partial charge in [-0.3, -0.25) is 15.1 Å². The smallest absolute Gasteiger partial charge is 0.322 e. The lowest BCUT2D eigenvalue weighted by atomic mass is 10.1. The number of hydrogen-bond donors (Lipinski definition) is 1. The fraction of sp³-hybridized carbons (Fsp3) is 0.571. The summed E-state index contributed by atoms with van der Waals surface area (Å²) >= 11 is 0. The highest BCUT2D eigenvalue weighted by Gasteiger charge is 2.21. The first-order valence-electron chi connectivity index (χ1n) is 6.43. The van der Waals surface area contributed by atoms with Gasteiger partial charge in [0.25, 0.3) is 0 Å². The van der Waals surface area contributed by atoms with Crippen LogP contribution in [0.15, 0.2) is 24.4 Å². The molecule has 0 aliphatic heterocycles. The van der Waals surface area contributed by atoms with E-state index in [2.05, 4.69) is 17.2 Å². The summed E-state index contributed by atoms with van der Waals surface area (Å²) in [5, 5.41) is 3.28. The largest absolute Gasteiger partial charge is 0.468 e. The number of rotatable bonds is 7. The molecule has 1 rings (SSSR count). The molecule has 0 aromatic carbocycles. The van der Waals surface area contributed by atoms with Gasteiger partial charge in [-0.1, -0.05) is 25.8 Å². The number of aromatic nitrogens is 1. The molecule has 1 aromatic rings. The van der Waals surface area contributed by atoms with Gasteiger partial charge in [0.05, 0.1) is 12.8 Å². The van der Waals surface area contributed by atoms with E-state index in [0.29, 0.717) is 0 Å². The second-order valence-electron chi connectivity index (χ2n) is 4.36. The van der Waals surface area contributed by atoms with E-state index in [1.54, 1.807) is 6.20 Å². The Labute approximate surface area is 109 Å². The number of carbonyl (C=O) groups excluding carboxylic acids is 1. The van der Waals surface area contributed by atoms with Crippen molar-refractivity contribution >= 4 is 5.97 Å². The van der Waals surface area contributed by atoms with Crippen LogP contribution in [0.2, 0.25) is 0 Å². The van der Waals surface area contributed by atoms with E-state index in [1.165, 1.54) is 7.11 Å². The lowest BCUT2D eigenvalue weighted by molar-refractivity contribution is -0.143. The Bertz CT molecular complexity index is 354. The number of nitrogens with one attached hydrogen (secondary N) is 1. The van der Waals surface area contributed by atoms with Crippen LogP contribution in [0, 0.1) is 0 Å². The third-order valence-corrected chi connectivity index (χ3v) is 2.91. The van der Waals surface area contributed by atoms with Crippen LogP contribution in [-0.2, 0) is 9.53 Å². The van der Waals surface area contributed by atoms with Crippen LogP contribution in [-0.4, -0.2) is 24.1 Å². The maximum atomic E-state index is 11.7. The molecule has 0 aliphatic rings. The van der Waals surface area contributed by atoms with Crippen molar-refractivity contribution in [1.82, 2.24) is 10.3 Å². The maximum Gasteiger partial charge on any atom is 0.322 e. The summed E-state index contributed by atoms with van der Waals surface area (Å²) in [6, 6.07) is 5.55. The number of carbonyl (C=O) groups is 1. The summed E-state index contributed by atoms with van der Waals surface area (Å²) in [6.45, 7) is 4.11. The van der Waals surface area contributed by atoms with Gasteiger partial charge in [0.1, 0.15) is 6.04 Å². The fourth-order valence-corrected chi connectivity index (χ4v) is 1.84. The second-order valence-corrected chi connectivity index (χ2v) is 4.36.